The van der Waals surface area contributed by atoms with E-state index in [-0.39, 0.29) is 0 Å². The molecule has 0 N–H and O–H groups in total. The molecule has 1 unspecified atom stereocenters. The van der Waals surface area contributed by atoms with E-state index in [1.165, 1.54) is 11.1 Å². The van der Waals surface area contributed by atoms with Crippen LogP contribution in [0.25, 0.3) is 0 Å². The van der Waals surface area contributed by atoms with Crippen molar-refractivity contribution in [2.75, 3.05) is 26.7 Å². The molecule has 3 rings (SSSR count). The highest BCUT2D eigenvalue weighted by Gasteiger charge is 2.25. The van der Waals surface area contributed by atoms with E-state index in [1.807, 2.05) is 18.5 Å². The maximum absolute atomic E-state index is 4.21. The molecule has 0 aliphatic carbocycles. The maximum atomic E-state index is 4.21. The van der Waals surface area contributed by atoms with Crippen LogP contribution in [-0.4, -0.2) is 41.5 Å². The number of nitrogens with zero attached hydrogens (tertiary/aromatic N) is 3. The minimum Gasteiger partial charge on any atom is -0.297 e. The molecule has 0 saturated carbocycles. The summed E-state index contributed by atoms with van der Waals surface area (Å²) < 4.78 is 0. The van der Waals surface area contributed by atoms with Gasteiger partial charge in [0.25, 0.3) is 0 Å². The molecule has 0 bridgehead atoms. The molecule has 1 aliphatic rings. The van der Waals surface area contributed by atoms with Gasteiger partial charge in [-0.3, -0.25) is 14.8 Å². The Kier molecular flexibility index (Phi) is 4.09. The van der Waals surface area contributed by atoms with Gasteiger partial charge in [0.1, 0.15) is 0 Å². The minimum absolute atomic E-state index is 0.488. The molecule has 3 heteroatoms. The van der Waals surface area contributed by atoms with E-state index in [2.05, 4.69) is 58.2 Å². The molecule has 1 aromatic heterocycles. The van der Waals surface area contributed by atoms with Crippen LogP contribution in [0.15, 0.2) is 54.9 Å². The van der Waals surface area contributed by atoms with Crippen molar-refractivity contribution in [2.24, 2.45) is 0 Å². The number of hydrogen-bond donors (Lipinski definition) is 0. The van der Waals surface area contributed by atoms with Crippen molar-refractivity contribution >= 4 is 0 Å². The average molecular weight is 267 g/mol. The number of benzene rings is 1. The number of hydrogen-bond acceptors (Lipinski definition) is 3. The highest BCUT2D eigenvalue weighted by Crippen LogP contribution is 2.24. The summed E-state index contributed by atoms with van der Waals surface area (Å²) in [5.41, 5.74) is 2.70. The molecule has 2 heterocycles. The summed E-state index contributed by atoms with van der Waals surface area (Å²) in [7, 11) is 2.22. The summed E-state index contributed by atoms with van der Waals surface area (Å²) in [6, 6.07) is 15.5. The van der Waals surface area contributed by atoms with Crippen LogP contribution in [0.5, 0.6) is 0 Å². The monoisotopic (exact) mass is 267 g/mol. The fraction of sp³-hybridized carbons (Fsp3) is 0.353. The van der Waals surface area contributed by atoms with Crippen molar-refractivity contribution in [3.63, 3.8) is 0 Å². The van der Waals surface area contributed by atoms with Crippen molar-refractivity contribution in [3.8, 4) is 0 Å². The van der Waals surface area contributed by atoms with Crippen LogP contribution in [0, 0.1) is 0 Å². The first-order chi connectivity index (χ1) is 9.83. The third-order valence-corrected chi connectivity index (χ3v) is 4.05. The van der Waals surface area contributed by atoms with Crippen molar-refractivity contribution in [1.82, 2.24) is 14.8 Å². The largest absolute Gasteiger partial charge is 0.297 e. The Balaban J connectivity index is 1.70. The Morgan fingerprint density at radius 1 is 1.10 bits per heavy atom. The molecule has 0 radical (unpaired) electrons. The Bertz CT molecular complexity index is 526. The second-order valence-corrected chi connectivity index (χ2v) is 5.50. The molecule has 0 amide bonds. The van der Waals surface area contributed by atoms with Crippen LogP contribution in [0.1, 0.15) is 17.2 Å². The van der Waals surface area contributed by atoms with Crippen molar-refractivity contribution in [1.29, 1.82) is 0 Å². The number of likely N-dealkylation sites (N-methyl/N-ethyl adjacent to an activating group) is 1. The summed E-state index contributed by atoms with van der Waals surface area (Å²) in [5, 5.41) is 0. The van der Waals surface area contributed by atoms with Gasteiger partial charge in [-0.25, -0.2) is 0 Å². The highest BCUT2D eigenvalue weighted by molar-refractivity contribution is 5.20. The zero-order chi connectivity index (χ0) is 13.8. The van der Waals surface area contributed by atoms with E-state index in [0.717, 1.165) is 26.2 Å². The molecule has 1 aromatic carbocycles. The smallest absolute Gasteiger partial charge is 0.0472 e. The first-order valence-electron chi connectivity index (χ1n) is 7.19. The number of piperazine rings is 1. The third kappa shape index (κ3) is 3.06. The normalized spacial score (nSPS) is 20.9. The van der Waals surface area contributed by atoms with E-state index in [9.17, 15) is 0 Å². The van der Waals surface area contributed by atoms with E-state index in [1.54, 1.807) is 0 Å². The van der Waals surface area contributed by atoms with Crippen molar-refractivity contribution < 1.29 is 0 Å². The lowest BCUT2D eigenvalue weighted by atomic mass is 10.0. The Morgan fingerprint density at radius 2 is 1.95 bits per heavy atom. The van der Waals surface area contributed by atoms with Crippen molar-refractivity contribution in [3.05, 3.63) is 66.0 Å². The summed E-state index contributed by atoms with van der Waals surface area (Å²) in [5.74, 6) is 0. The summed E-state index contributed by atoms with van der Waals surface area (Å²) >= 11 is 0. The number of pyridine rings is 1. The highest BCUT2D eigenvalue weighted by atomic mass is 15.3. The van der Waals surface area contributed by atoms with E-state index in [0.29, 0.717) is 6.04 Å². The van der Waals surface area contributed by atoms with Gasteiger partial charge in [0.15, 0.2) is 0 Å². The Hall–Kier alpha value is -1.71. The average Bonchev–Trinajstić information content (AvgIpc) is 2.51. The molecule has 3 nitrogen and oxygen atoms in total. The zero-order valence-corrected chi connectivity index (χ0v) is 11.9. The fourth-order valence-electron chi connectivity index (χ4n) is 2.86. The fourth-order valence-corrected chi connectivity index (χ4v) is 2.86. The van der Waals surface area contributed by atoms with E-state index >= 15 is 0 Å². The predicted octanol–water partition coefficient (Wildman–Crippen LogP) is 2.57. The predicted molar refractivity (Wildman–Crippen MR) is 81.3 cm³/mol. The minimum atomic E-state index is 0.488. The molecular formula is C17H21N3. The Morgan fingerprint density at radius 3 is 2.70 bits per heavy atom. The molecule has 1 saturated heterocycles. The van der Waals surface area contributed by atoms with Crippen molar-refractivity contribution in [2.45, 2.75) is 12.6 Å². The van der Waals surface area contributed by atoms with Gasteiger partial charge >= 0.3 is 0 Å². The second kappa shape index (κ2) is 6.16. The van der Waals surface area contributed by atoms with E-state index in [4.69, 9.17) is 0 Å². The molecule has 0 spiro atoms. The molecule has 2 aromatic rings. The van der Waals surface area contributed by atoms with Gasteiger partial charge in [-0.05, 0) is 24.2 Å². The lowest BCUT2D eigenvalue weighted by Gasteiger charge is -2.39. The van der Waals surface area contributed by atoms with Crippen LogP contribution >= 0.6 is 0 Å². The lowest BCUT2D eigenvalue weighted by molar-refractivity contribution is 0.0904. The number of rotatable bonds is 3. The zero-order valence-electron chi connectivity index (χ0n) is 11.9. The van der Waals surface area contributed by atoms with Gasteiger partial charge in [0, 0.05) is 44.6 Å². The second-order valence-electron chi connectivity index (χ2n) is 5.50. The summed E-state index contributed by atoms with van der Waals surface area (Å²) in [4.78, 5) is 9.18. The van der Waals surface area contributed by atoms with Gasteiger partial charge < -0.3 is 0 Å². The van der Waals surface area contributed by atoms with Crippen LogP contribution in [0.2, 0.25) is 0 Å². The quantitative estimate of drug-likeness (QED) is 0.852. The molecule has 1 fully saturated rings. The van der Waals surface area contributed by atoms with Gasteiger partial charge in [-0.1, -0.05) is 36.4 Å². The summed E-state index contributed by atoms with van der Waals surface area (Å²) in [6.07, 6.45) is 3.80. The molecule has 104 valence electrons. The van der Waals surface area contributed by atoms with Crippen LogP contribution in [0.4, 0.5) is 0 Å². The molecule has 1 atom stereocenters. The van der Waals surface area contributed by atoms with Gasteiger partial charge in [-0.2, -0.15) is 0 Å². The third-order valence-electron chi connectivity index (χ3n) is 4.05. The Labute approximate surface area is 120 Å². The molecular weight excluding hydrogens is 246 g/mol. The summed E-state index contributed by atoms with van der Waals surface area (Å²) in [6.45, 7) is 4.30. The molecule has 1 aliphatic heterocycles. The first kappa shape index (κ1) is 13.3. The number of aromatic nitrogens is 1. The first-order valence-corrected chi connectivity index (χ1v) is 7.19. The SMILES string of the molecule is CN1CCN(Cc2cccnc2)CC1c1ccccc1. The maximum Gasteiger partial charge on any atom is 0.0472 e. The van der Waals surface area contributed by atoms with Crippen LogP contribution in [-0.2, 0) is 6.54 Å². The standard InChI is InChI=1S/C17H21N3/c1-19-10-11-20(13-15-6-5-9-18-12-15)14-17(19)16-7-3-2-4-8-16/h2-9,12,17H,10-11,13-14H2,1H3. The van der Waals surface area contributed by atoms with E-state index < -0.39 is 0 Å². The molecule has 20 heavy (non-hydrogen) atoms. The van der Waals surface area contributed by atoms with Crippen LogP contribution in [0.3, 0.4) is 0 Å². The lowest BCUT2D eigenvalue weighted by Crippen LogP contribution is -2.46. The van der Waals surface area contributed by atoms with Crippen LogP contribution < -0.4 is 0 Å². The topological polar surface area (TPSA) is 19.4 Å². The van der Waals surface area contributed by atoms with Gasteiger partial charge in [0.2, 0.25) is 0 Å². The van der Waals surface area contributed by atoms with Gasteiger partial charge in [0.05, 0.1) is 0 Å². The van der Waals surface area contributed by atoms with Gasteiger partial charge in [-0.15, -0.1) is 0 Å².